The molecule has 1 unspecified atom stereocenters. The van der Waals surface area contributed by atoms with E-state index in [2.05, 4.69) is 0 Å². The number of nitrogen functional groups attached to an aromatic ring is 1. The molecule has 2 heterocycles. The molecule has 2 saturated heterocycles. The second kappa shape index (κ2) is 5.58. The number of nitrogens with two attached hydrogens (primary N) is 1. The van der Waals surface area contributed by atoms with E-state index in [-0.39, 0.29) is 17.4 Å². The van der Waals surface area contributed by atoms with Gasteiger partial charge >= 0.3 is 0 Å². The third-order valence-corrected chi connectivity index (χ3v) is 4.13. The summed E-state index contributed by atoms with van der Waals surface area (Å²) in [6.07, 6.45) is 3.54. The van der Waals surface area contributed by atoms with Gasteiger partial charge in [-0.1, -0.05) is 0 Å². The lowest BCUT2D eigenvalue weighted by Crippen LogP contribution is -2.47. The highest BCUT2D eigenvalue weighted by Crippen LogP contribution is 2.36. The Morgan fingerprint density at radius 2 is 2.05 bits per heavy atom. The van der Waals surface area contributed by atoms with Crippen molar-refractivity contribution >= 4 is 5.69 Å². The molecule has 0 saturated carbocycles. The molecule has 3 rings (SSSR count). The first-order valence-electron chi connectivity index (χ1n) is 7.10. The van der Waals surface area contributed by atoms with Crippen LogP contribution in [0.25, 0.3) is 0 Å². The van der Waals surface area contributed by atoms with Gasteiger partial charge in [-0.2, -0.15) is 0 Å². The molecule has 1 aromatic carbocycles. The maximum absolute atomic E-state index is 13.4. The number of anilines is 1. The Kier molecular flexibility index (Phi) is 3.81. The molecule has 0 aromatic heterocycles. The molecule has 0 aliphatic carbocycles. The Labute approximate surface area is 118 Å². The highest BCUT2D eigenvalue weighted by Gasteiger charge is 2.39. The van der Waals surface area contributed by atoms with E-state index in [0.29, 0.717) is 12.4 Å². The molecule has 1 spiro atoms. The largest absolute Gasteiger partial charge is 0.490 e. The fourth-order valence-electron chi connectivity index (χ4n) is 2.95. The van der Waals surface area contributed by atoms with Gasteiger partial charge in [-0.3, -0.25) is 0 Å². The number of hydrogen-bond donors (Lipinski definition) is 1. The first-order valence-corrected chi connectivity index (χ1v) is 7.10. The fourth-order valence-corrected chi connectivity index (χ4v) is 2.95. The summed E-state index contributed by atoms with van der Waals surface area (Å²) in [6, 6.07) is 4.60. The highest BCUT2D eigenvalue weighted by atomic mass is 19.1. The molecule has 1 atom stereocenters. The van der Waals surface area contributed by atoms with Crippen molar-refractivity contribution in [3.63, 3.8) is 0 Å². The van der Waals surface area contributed by atoms with E-state index in [4.69, 9.17) is 19.9 Å². The van der Waals surface area contributed by atoms with Crippen LogP contribution < -0.4 is 10.5 Å². The van der Waals surface area contributed by atoms with E-state index in [0.717, 1.165) is 38.9 Å². The van der Waals surface area contributed by atoms with Crippen molar-refractivity contribution in [2.24, 2.45) is 0 Å². The van der Waals surface area contributed by atoms with Crippen molar-refractivity contribution in [3.05, 3.63) is 24.0 Å². The van der Waals surface area contributed by atoms with Crippen LogP contribution >= 0.6 is 0 Å². The maximum Gasteiger partial charge on any atom is 0.149 e. The molecule has 4 nitrogen and oxygen atoms in total. The van der Waals surface area contributed by atoms with E-state index in [9.17, 15) is 4.39 Å². The number of benzene rings is 1. The van der Waals surface area contributed by atoms with Gasteiger partial charge < -0.3 is 19.9 Å². The summed E-state index contributed by atoms with van der Waals surface area (Å²) in [4.78, 5) is 0. The molecule has 5 heteroatoms. The van der Waals surface area contributed by atoms with Crippen molar-refractivity contribution in [3.8, 4) is 5.75 Å². The first-order chi connectivity index (χ1) is 9.67. The van der Waals surface area contributed by atoms with Crippen molar-refractivity contribution < 1.29 is 18.6 Å². The van der Waals surface area contributed by atoms with Crippen LogP contribution in [0.4, 0.5) is 10.1 Å². The molecule has 110 valence electrons. The molecule has 0 bridgehead atoms. The summed E-state index contributed by atoms with van der Waals surface area (Å²) in [5.74, 6) is 0.0983. The monoisotopic (exact) mass is 281 g/mol. The standard InChI is InChI=1S/C15H20FNO3/c16-13-9-11(1-2-14(13)17)20-12-3-6-19-15(10-12)4-7-18-8-5-15/h1-2,9,12H,3-8,10,17H2. The molecule has 2 aliphatic heterocycles. The lowest BCUT2D eigenvalue weighted by atomic mass is 9.85. The minimum atomic E-state index is -0.435. The lowest BCUT2D eigenvalue weighted by Gasteiger charge is -2.43. The number of halogens is 1. The Hall–Kier alpha value is -1.33. The quantitative estimate of drug-likeness (QED) is 0.846. The van der Waals surface area contributed by atoms with Gasteiger partial charge in [0.2, 0.25) is 0 Å². The van der Waals surface area contributed by atoms with Crippen LogP contribution in [0.1, 0.15) is 25.7 Å². The predicted molar refractivity (Wildman–Crippen MR) is 73.2 cm³/mol. The van der Waals surface area contributed by atoms with Crippen LogP contribution in [-0.4, -0.2) is 31.5 Å². The van der Waals surface area contributed by atoms with E-state index in [1.807, 2.05) is 0 Å². The van der Waals surface area contributed by atoms with Crippen molar-refractivity contribution in [1.29, 1.82) is 0 Å². The zero-order valence-corrected chi connectivity index (χ0v) is 11.4. The first kappa shape index (κ1) is 13.6. The molecule has 0 amide bonds. The summed E-state index contributed by atoms with van der Waals surface area (Å²) >= 11 is 0. The SMILES string of the molecule is Nc1ccc(OC2CCOC3(CCOCC3)C2)cc1F. The molecule has 20 heavy (non-hydrogen) atoms. The van der Waals surface area contributed by atoms with Gasteiger partial charge in [-0.25, -0.2) is 4.39 Å². The summed E-state index contributed by atoms with van der Waals surface area (Å²) in [5.41, 5.74) is 5.50. The maximum atomic E-state index is 13.4. The van der Waals surface area contributed by atoms with Crippen LogP contribution in [0.3, 0.4) is 0 Å². The minimum Gasteiger partial charge on any atom is -0.490 e. The third kappa shape index (κ3) is 2.88. The second-order valence-electron chi connectivity index (χ2n) is 5.56. The summed E-state index contributed by atoms with van der Waals surface area (Å²) in [6.45, 7) is 2.16. The van der Waals surface area contributed by atoms with Crippen molar-refractivity contribution in [2.75, 3.05) is 25.6 Å². The average molecular weight is 281 g/mol. The van der Waals surface area contributed by atoms with Crippen LogP contribution in [-0.2, 0) is 9.47 Å². The third-order valence-electron chi connectivity index (χ3n) is 4.13. The number of ether oxygens (including phenoxy) is 3. The normalized spacial score (nSPS) is 25.6. The van der Waals surface area contributed by atoms with E-state index >= 15 is 0 Å². The second-order valence-corrected chi connectivity index (χ2v) is 5.56. The summed E-state index contributed by atoms with van der Waals surface area (Å²) < 4.78 is 30.7. The molecular formula is C15H20FNO3. The summed E-state index contributed by atoms with van der Waals surface area (Å²) in [5, 5.41) is 0. The lowest BCUT2D eigenvalue weighted by molar-refractivity contribution is -0.155. The van der Waals surface area contributed by atoms with Crippen molar-refractivity contribution in [1.82, 2.24) is 0 Å². The minimum absolute atomic E-state index is 0.0601. The van der Waals surface area contributed by atoms with Gasteiger partial charge in [0.05, 0.1) is 17.9 Å². The summed E-state index contributed by atoms with van der Waals surface area (Å²) in [7, 11) is 0. The molecule has 2 N–H and O–H groups in total. The van der Waals surface area contributed by atoms with E-state index in [1.165, 1.54) is 12.1 Å². The van der Waals surface area contributed by atoms with Crippen LogP contribution in [0.5, 0.6) is 5.75 Å². The Bertz CT molecular complexity index is 469. The molecule has 2 fully saturated rings. The number of rotatable bonds is 2. The molecule has 0 radical (unpaired) electrons. The molecule has 1 aromatic rings. The Morgan fingerprint density at radius 3 is 2.80 bits per heavy atom. The topological polar surface area (TPSA) is 53.7 Å². The van der Waals surface area contributed by atoms with E-state index in [1.54, 1.807) is 6.07 Å². The van der Waals surface area contributed by atoms with Crippen LogP contribution in [0, 0.1) is 5.82 Å². The fraction of sp³-hybridized carbons (Fsp3) is 0.600. The van der Waals surface area contributed by atoms with Crippen LogP contribution in [0.2, 0.25) is 0 Å². The van der Waals surface area contributed by atoms with Gasteiger partial charge in [-0.05, 0) is 25.0 Å². The molecular weight excluding hydrogens is 261 g/mol. The van der Waals surface area contributed by atoms with Gasteiger partial charge in [0.1, 0.15) is 17.7 Å². The average Bonchev–Trinajstić information content (AvgIpc) is 2.44. The Balaban J connectivity index is 1.66. The zero-order valence-electron chi connectivity index (χ0n) is 11.4. The molecule has 2 aliphatic rings. The smallest absolute Gasteiger partial charge is 0.149 e. The highest BCUT2D eigenvalue weighted by molar-refractivity contribution is 5.43. The van der Waals surface area contributed by atoms with Gasteiger partial charge in [0, 0.05) is 32.1 Å². The zero-order chi connectivity index (χ0) is 14.0. The number of hydrogen-bond acceptors (Lipinski definition) is 4. The van der Waals surface area contributed by atoms with Gasteiger partial charge in [0.15, 0.2) is 0 Å². The Morgan fingerprint density at radius 1 is 1.25 bits per heavy atom. The van der Waals surface area contributed by atoms with E-state index < -0.39 is 5.82 Å². The van der Waals surface area contributed by atoms with Crippen LogP contribution in [0.15, 0.2) is 18.2 Å². The van der Waals surface area contributed by atoms with Crippen molar-refractivity contribution in [2.45, 2.75) is 37.4 Å². The van der Waals surface area contributed by atoms with Gasteiger partial charge in [-0.15, -0.1) is 0 Å². The predicted octanol–water partition coefficient (Wildman–Crippen LogP) is 2.51. The van der Waals surface area contributed by atoms with Gasteiger partial charge in [0.25, 0.3) is 0 Å².